The predicted molar refractivity (Wildman–Crippen MR) is 96.4 cm³/mol. The standard InChI is InChI=1S/C19H24FN3O2/c1-3-23(4-2)9-5-8-21-14-11-17(25-12-14)18-15-7-6-13(20)10-16(15)22-19(18)24/h6-7,10-11,21H,3-5,8-9,12H2,1-2H3,(H,22,24). The highest BCUT2D eigenvalue weighted by molar-refractivity contribution is 6.32. The van der Waals surface area contributed by atoms with Gasteiger partial charge in [-0.05, 0) is 44.3 Å². The minimum absolute atomic E-state index is 0.255. The van der Waals surface area contributed by atoms with Gasteiger partial charge in [-0.1, -0.05) is 13.8 Å². The van der Waals surface area contributed by atoms with Gasteiger partial charge < -0.3 is 20.3 Å². The van der Waals surface area contributed by atoms with E-state index in [1.165, 1.54) is 12.1 Å². The molecule has 0 saturated heterocycles. The number of halogens is 1. The Morgan fingerprint density at radius 1 is 1.32 bits per heavy atom. The average molecular weight is 345 g/mol. The van der Waals surface area contributed by atoms with Crippen molar-refractivity contribution in [3.05, 3.63) is 47.1 Å². The molecule has 134 valence electrons. The average Bonchev–Trinajstić information content (AvgIpc) is 3.17. The van der Waals surface area contributed by atoms with E-state index in [1.54, 1.807) is 6.07 Å². The van der Waals surface area contributed by atoms with Crippen LogP contribution in [0.15, 0.2) is 35.7 Å². The number of carbonyl (C=O) groups excluding carboxylic acids is 1. The fraction of sp³-hybridized carbons (Fsp3) is 0.421. The molecule has 0 aromatic heterocycles. The number of nitrogens with one attached hydrogen (secondary N) is 2. The van der Waals surface area contributed by atoms with Gasteiger partial charge >= 0.3 is 0 Å². The third-order valence-electron chi connectivity index (χ3n) is 4.56. The summed E-state index contributed by atoms with van der Waals surface area (Å²) in [5.41, 5.74) is 2.60. The van der Waals surface area contributed by atoms with Crippen LogP contribution in [0.3, 0.4) is 0 Å². The number of hydrogen-bond donors (Lipinski definition) is 2. The maximum Gasteiger partial charge on any atom is 0.260 e. The number of nitrogens with zero attached hydrogens (tertiary/aromatic N) is 1. The van der Waals surface area contributed by atoms with Crippen LogP contribution in [-0.2, 0) is 9.53 Å². The maximum absolute atomic E-state index is 13.3. The van der Waals surface area contributed by atoms with Crippen molar-refractivity contribution in [3.63, 3.8) is 0 Å². The zero-order valence-corrected chi connectivity index (χ0v) is 14.7. The normalized spacial score (nSPS) is 18.9. The van der Waals surface area contributed by atoms with Crippen LogP contribution in [0.2, 0.25) is 0 Å². The Bertz CT molecular complexity index is 723. The number of carbonyl (C=O) groups is 1. The van der Waals surface area contributed by atoms with Gasteiger partial charge in [-0.25, -0.2) is 4.39 Å². The number of ether oxygens (including phenoxy) is 1. The van der Waals surface area contributed by atoms with Crippen LogP contribution in [0.1, 0.15) is 25.8 Å². The van der Waals surface area contributed by atoms with Crippen molar-refractivity contribution in [1.82, 2.24) is 10.2 Å². The molecule has 0 radical (unpaired) electrons. The quantitative estimate of drug-likeness (QED) is 0.589. The number of allylic oxidation sites excluding steroid dienone is 1. The van der Waals surface area contributed by atoms with Crippen LogP contribution in [0, 0.1) is 5.82 Å². The van der Waals surface area contributed by atoms with E-state index in [2.05, 4.69) is 29.4 Å². The minimum Gasteiger partial charge on any atom is -0.486 e. The molecule has 0 unspecified atom stereocenters. The second-order valence-electron chi connectivity index (χ2n) is 6.15. The predicted octanol–water partition coefficient (Wildman–Crippen LogP) is 2.72. The van der Waals surface area contributed by atoms with Crippen molar-refractivity contribution in [2.45, 2.75) is 20.3 Å². The molecule has 1 amide bonds. The molecule has 0 aliphatic carbocycles. The fourth-order valence-electron chi connectivity index (χ4n) is 3.12. The van der Waals surface area contributed by atoms with E-state index in [4.69, 9.17) is 4.74 Å². The Labute approximate surface area is 147 Å². The summed E-state index contributed by atoms with van der Waals surface area (Å²) in [4.78, 5) is 14.6. The van der Waals surface area contributed by atoms with Crippen molar-refractivity contribution in [3.8, 4) is 0 Å². The minimum atomic E-state index is -0.372. The van der Waals surface area contributed by atoms with E-state index >= 15 is 0 Å². The van der Waals surface area contributed by atoms with Crippen molar-refractivity contribution in [2.24, 2.45) is 0 Å². The van der Waals surface area contributed by atoms with Crippen LogP contribution < -0.4 is 10.6 Å². The Morgan fingerprint density at radius 2 is 2.12 bits per heavy atom. The Hall–Kier alpha value is -2.34. The summed E-state index contributed by atoms with van der Waals surface area (Å²) < 4.78 is 19.0. The molecular formula is C19H24FN3O2. The highest BCUT2D eigenvalue weighted by atomic mass is 19.1. The maximum atomic E-state index is 13.3. The third kappa shape index (κ3) is 3.85. The highest BCUT2D eigenvalue weighted by Gasteiger charge is 2.30. The summed E-state index contributed by atoms with van der Waals surface area (Å²) in [6.07, 6.45) is 2.91. The molecule has 0 saturated carbocycles. The molecule has 0 bridgehead atoms. The monoisotopic (exact) mass is 345 g/mol. The molecule has 2 aliphatic rings. The number of rotatable bonds is 7. The van der Waals surface area contributed by atoms with Gasteiger partial charge in [-0.15, -0.1) is 0 Å². The van der Waals surface area contributed by atoms with Crippen LogP contribution in [-0.4, -0.2) is 43.6 Å². The third-order valence-corrected chi connectivity index (χ3v) is 4.56. The lowest BCUT2D eigenvalue weighted by Gasteiger charge is -2.17. The summed E-state index contributed by atoms with van der Waals surface area (Å²) in [7, 11) is 0. The molecule has 2 aliphatic heterocycles. The second kappa shape index (κ2) is 7.70. The summed E-state index contributed by atoms with van der Waals surface area (Å²) >= 11 is 0. The molecular weight excluding hydrogens is 321 g/mol. The first-order valence-corrected chi connectivity index (χ1v) is 8.77. The summed E-state index contributed by atoms with van der Waals surface area (Å²) in [6, 6.07) is 4.29. The van der Waals surface area contributed by atoms with Crippen LogP contribution in [0.25, 0.3) is 5.57 Å². The van der Waals surface area contributed by atoms with E-state index in [1.807, 2.05) is 6.08 Å². The van der Waals surface area contributed by atoms with Gasteiger partial charge in [0.2, 0.25) is 0 Å². The first-order valence-electron chi connectivity index (χ1n) is 8.77. The molecule has 3 rings (SSSR count). The molecule has 25 heavy (non-hydrogen) atoms. The molecule has 2 N–H and O–H groups in total. The molecule has 6 heteroatoms. The van der Waals surface area contributed by atoms with Gasteiger partial charge in [0.15, 0.2) is 0 Å². The van der Waals surface area contributed by atoms with Gasteiger partial charge in [-0.2, -0.15) is 0 Å². The van der Waals surface area contributed by atoms with E-state index in [0.717, 1.165) is 38.3 Å². The molecule has 1 aromatic rings. The fourth-order valence-corrected chi connectivity index (χ4v) is 3.12. The topological polar surface area (TPSA) is 53.6 Å². The van der Waals surface area contributed by atoms with Gasteiger partial charge in [0, 0.05) is 18.2 Å². The molecule has 1 aromatic carbocycles. The SMILES string of the molecule is CCN(CC)CCCNC1=CC(=C2C(=O)Nc3cc(F)ccc32)OC1. The van der Waals surface area contributed by atoms with Gasteiger partial charge in [-0.3, -0.25) is 4.79 Å². The molecule has 0 atom stereocenters. The first-order chi connectivity index (χ1) is 12.1. The van der Waals surface area contributed by atoms with Crippen molar-refractivity contribution < 1.29 is 13.9 Å². The Balaban J connectivity index is 1.65. The van der Waals surface area contributed by atoms with E-state index in [-0.39, 0.29) is 11.7 Å². The molecule has 0 spiro atoms. The van der Waals surface area contributed by atoms with Crippen LogP contribution >= 0.6 is 0 Å². The zero-order valence-electron chi connectivity index (χ0n) is 14.7. The Morgan fingerprint density at radius 3 is 2.88 bits per heavy atom. The van der Waals surface area contributed by atoms with Crippen molar-refractivity contribution in [1.29, 1.82) is 0 Å². The Kier molecular flexibility index (Phi) is 5.38. The summed E-state index contributed by atoms with van der Waals surface area (Å²) in [5, 5.41) is 6.06. The summed E-state index contributed by atoms with van der Waals surface area (Å²) in [6.45, 7) is 8.80. The smallest absolute Gasteiger partial charge is 0.260 e. The largest absolute Gasteiger partial charge is 0.486 e. The molecule has 0 fully saturated rings. The second-order valence-corrected chi connectivity index (χ2v) is 6.15. The van der Waals surface area contributed by atoms with Gasteiger partial charge in [0.1, 0.15) is 18.2 Å². The lowest BCUT2D eigenvalue weighted by Crippen LogP contribution is -2.27. The van der Waals surface area contributed by atoms with Gasteiger partial charge in [0.25, 0.3) is 5.91 Å². The molecule has 2 heterocycles. The number of hydrogen-bond acceptors (Lipinski definition) is 4. The van der Waals surface area contributed by atoms with Gasteiger partial charge in [0.05, 0.1) is 17.0 Å². The van der Waals surface area contributed by atoms with E-state index in [0.29, 0.717) is 29.2 Å². The lowest BCUT2D eigenvalue weighted by molar-refractivity contribution is -0.110. The highest BCUT2D eigenvalue weighted by Crippen LogP contribution is 2.36. The van der Waals surface area contributed by atoms with Crippen LogP contribution in [0.4, 0.5) is 10.1 Å². The number of benzene rings is 1. The lowest BCUT2D eigenvalue weighted by atomic mass is 10.1. The van der Waals surface area contributed by atoms with E-state index in [9.17, 15) is 9.18 Å². The van der Waals surface area contributed by atoms with Crippen molar-refractivity contribution >= 4 is 17.2 Å². The van der Waals surface area contributed by atoms with Crippen LogP contribution in [0.5, 0.6) is 0 Å². The summed E-state index contributed by atoms with van der Waals surface area (Å²) in [5.74, 6) is -0.0903. The number of amides is 1. The molecule has 5 nitrogen and oxygen atoms in total. The van der Waals surface area contributed by atoms with E-state index < -0.39 is 0 Å². The number of anilines is 1. The van der Waals surface area contributed by atoms with Crippen molar-refractivity contribution in [2.75, 3.05) is 38.1 Å². The number of fused-ring (bicyclic) bond motifs is 1. The zero-order chi connectivity index (χ0) is 17.8. The first kappa shape index (κ1) is 17.5.